The lowest BCUT2D eigenvalue weighted by molar-refractivity contribution is -0.132. The van der Waals surface area contributed by atoms with Gasteiger partial charge >= 0.3 is 5.97 Å². The predicted molar refractivity (Wildman–Crippen MR) is 116 cm³/mol. The van der Waals surface area contributed by atoms with Gasteiger partial charge in [-0.25, -0.2) is 4.79 Å². The van der Waals surface area contributed by atoms with Crippen molar-refractivity contribution in [2.24, 2.45) is 0 Å². The number of rotatable bonds is 5. The Morgan fingerprint density at radius 3 is 2.23 bits per heavy atom. The van der Waals surface area contributed by atoms with Crippen LogP contribution in [0, 0.1) is 13.8 Å². The van der Waals surface area contributed by atoms with Crippen molar-refractivity contribution in [2.45, 2.75) is 66.0 Å². The van der Waals surface area contributed by atoms with Crippen LogP contribution in [0.3, 0.4) is 0 Å². The van der Waals surface area contributed by atoms with Gasteiger partial charge in [0, 0.05) is 23.3 Å². The van der Waals surface area contributed by atoms with Gasteiger partial charge in [-0.2, -0.15) is 0 Å². The minimum Gasteiger partial charge on any atom is -0.462 e. The molecular formula is C24H30N2O4. The molecule has 1 fully saturated rings. The van der Waals surface area contributed by atoms with Crippen molar-refractivity contribution in [1.29, 1.82) is 0 Å². The van der Waals surface area contributed by atoms with Gasteiger partial charge in [0.15, 0.2) is 0 Å². The fourth-order valence-electron chi connectivity index (χ4n) is 4.31. The topological polar surface area (TPSA) is 79.5 Å². The second kappa shape index (κ2) is 8.86. The van der Waals surface area contributed by atoms with E-state index in [2.05, 4.69) is 4.98 Å². The van der Waals surface area contributed by atoms with E-state index < -0.39 is 17.7 Å². The highest BCUT2D eigenvalue weighted by Crippen LogP contribution is 2.33. The first-order valence-electron chi connectivity index (χ1n) is 10.6. The maximum atomic E-state index is 13.4. The van der Waals surface area contributed by atoms with Gasteiger partial charge in [0.25, 0.3) is 11.7 Å². The van der Waals surface area contributed by atoms with Crippen molar-refractivity contribution in [2.75, 3.05) is 6.61 Å². The molecule has 0 spiro atoms. The van der Waals surface area contributed by atoms with E-state index in [1.165, 1.54) is 0 Å². The molecule has 1 saturated heterocycles. The summed E-state index contributed by atoms with van der Waals surface area (Å²) >= 11 is 0. The van der Waals surface area contributed by atoms with Crippen molar-refractivity contribution in [3.63, 3.8) is 0 Å². The van der Waals surface area contributed by atoms with Gasteiger partial charge in [-0.3, -0.25) is 9.59 Å². The zero-order valence-corrected chi connectivity index (χ0v) is 18.4. The van der Waals surface area contributed by atoms with Gasteiger partial charge < -0.3 is 14.6 Å². The summed E-state index contributed by atoms with van der Waals surface area (Å²) in [5, 5.41) is 0. The smallest absolute Gasteiger partial charge is 0.340 e. The summed E-state index contributed by atoms with van der Waals surface area (Å²) in [5.41, 5.74) is 3.15. The number of amides is 1. The number of aryl methyl sites for hydroxylation is 2. The number of nitrogens with one attached hydrogen (secondary N) is 1. The Bertz CT molecular complexity index is 948. The number of H-pyrrole nitrogens is 1. The summed E-state index contributed by atoms with van der Waals surface area (Å²) in [6.07, 6.45) is 2.81. The van der Waals surface area contributed by atoms with E-state index in [0.29, 0.717) is 22.4 Å². The van der Waals surface area contributed by atoms with E-state index in [1.54, 1.807) is 18.7 Å². The lowest BCUT2D eigenvalue weighted by atomic mass is 9.94. The number of hydrogen-bond donors (Lipinski definition) is 1. The molecule has 0 saturated carbocycles. The molecule has 1 N–H and O–H groups in total. The van der Waals surface area contributed by atoms with Crippen LogP contribution in [0.2, 0.25) is 0 Å². The average molecular weight is 411 g/mol. The summed E-state index contributed by atoms with van der Waals surface area (Å²) in [5.74, 6) is -1.66. The Hall–Kier alpha value is -2.89. The van der Waals surface area contributed by atoms with Crippen LogP contribution in [0.5, 0.6) is 0 Å². The number of piperidine rings is 1. The number of esters is 1. The molecule has 0 radical (unpaired) electrons. The zero-order valence-electron chi connectivity index (χ0n) is 18.4. The fourth-order valence-corrected chi connectivity index (χ4v) is 4.31. The number of hydrogen-bond acceptors (Lipinski definition) is 4. The van der Waals surface area contributed by atoms with Crippen LogP contribution in [0.4, 0.5) is 0 Å². The Kier molecular flexibility index (Phi) is 6.44. The standard InChI is InChI=1S/C24H30N2O4/c1-6-30-24(29)19-17(5)25-21(20(19)18-12-10-14(2)11-13-18)22(27)23(28)26-15(3)8-7-9-16(26)4/h10-13,15-16,25H,6-9H2,1-5H3/t15-,16-/m0/s1. The quantitative estimate of drug-likeness (QED) is 0.449. The number of aromatic nitrogens is 1. The molecule has 1 amide bonds. The molecule has 0 bridgehead atoms. The highest BCUT2D eigenvalue weighted by atomic mass is 16.5. The molecule has 2 heterocycles. The molecule has 0 unspecified atom stereocenters. The lowest BCUT2D eigenvalue weighted by Gasteiger charge is -2.38. The monoisotopic (exact) mass is 410 g/mol. The van der Waals surface area contributed by atoms with Crippen LogP contribution in [-0.4, -0.2) is 46.2 Å². The van der Waals surface area contributed by atoms with E-state index in [-0.39, 0.29) is 24.4 Å². The summed E-state index contributed by atoms with van der Waals surface area (Å²) < 4.78 is 5.23. The number of Topliss-reactive ketones (excluding diaryl/α,β-unsaturated/α-hetero) is 1. The molecule has 3 rings (SSSR count). The molecule has 6 heteroatoms. The third-order valence-corrected chi connectivity index (χ3v) is 5.86. The molecule has 1 aliphatic heterocycles. The second-order valence-corrected chi connectivity index (χ2v) is 8.13. The van der Waals surface area contributed by atoms with Gasteiger partial charge in [-0.1, -0.05) is 29.8 Å². The van der Waals surface area contributed by atoms with Crippen molar-refractivity contribution < 1.29 is 19.1 Å². The van der Waals surface area contributed by atoms with Gasteiger partial charge in [-0.15, -0.1) is 0 Å². The minimum absolute atomic E-state index is 0.00797. The Balaban J connectivity index is 2.10. The molecule has 0 aliphatic carbocycles. The molecule has 2 atom stereocenters. The van der Waals surface area contributed by atoms with Crippen LogP contribution in [0.25, 0.3) is 11.1 Å². The molecule has 2 aromatic rings. The fraction of sp³-hybridized carbons (Fsp3) is 0.458. The number of nitrogens with zero attached hydrogens (tertiary/aromatic N) is 1. The number of ether oxygens (including phenoxy) is 1. The largest absolute Gasteiger partial charge is 0.462 e. The van der Waals surface area contributed by atoms with E-state index >= 15 is 0 Å². The van der Waals surface area contributed by atoms with Gasteiger partial charge in [0.05, 0.1) is 12.2 Å². The number of carbonyl (C=O) groups excluding carboxylic acids is 3. The second-order valence-electron chi connectivity index (χ2n) is 8.13. The molecule has 160 valence electrons. The van der Waals surface area contributed by atoms with Crippen molar-refractivity contribution >= 4 is 17.7 Å². The first-order chi connectivity index (χ1) is 14.3. The Labute approximate surface area is 177 Å². The SMILES string of the molecule is CCOC(=O)c1c(C)[nH]c(C(=O)C(=O)N2[C@@H](C)CCC[C@@H]2C)c1-c1ccc(C)cc1. The first-order valence-corrected chi connectivity index (χ1v) is 10.6. The van der Waals surface area contributed by atoms with Crippen LogP contribution in [0.1, 0.15) is 72.1 Å². The summed E-state index contributed by atoms with van der Waals surface area (Å²) in [6.45, 7) is 9.60. The van der Waals surface area contributed by atoms with E-state index in [1.807, 2.05) is 45.0 Å². The summed E-state index contributed by atoms with van der Waals surface area (Å²) in [4.78, 5) is 44.0. The number of ketones is 1. The normalized spacial score (nSPS) is 18.9. The third-order valence-electron chi connectivity index (χ3n) is 5.86. The average Bonchev–Trinajstić information content (AvgIpc) is 3.05. The Morgan fingerprint density at radius 2 is 1.67 bits per heavy atom. The van der Waals surface area contributed by atoms with Crippen LogP contribution in [0.15, 0.2) is 24.3 Å². The van der Waals surface area contributed by atoms with E-state index in [0.717, 1.165) is 24.8 Å². The van der Waals surface area contributed by atoms with Crippen LogP contribution >= 0.6 is 0 Å². The predicted octanol–water partition coefficient (Wildman–Crippen LogP) is 4.45. The van der Waals surface area contributed by atoms with Crippen LogP contribution in [-0.2, 0) is 9.53 Å². The molecule has 1 aromatic heterocycles. The van der Waals surface area contributed by atoms with Crippen molar-refractivity contribution in [3.05, 3.63) is 46.8 Å². The highest BCUT2D eigenvalue weighted by molar-refractivity contribution is 6.44. The third kappa shape index (κ3) is 4.04. The first kappa shape index (κ1) is 21.8. The molecular weight excluding hydrogens is 380 g/mol. The van der Waals surface area contributed by atoms with Crippen molar-refractivity contribution in [1.82, 2.24) is 9.88 Å². The number of aromatic amines is 1. The maximum absolute atomic E-state index is 13.4. The van der Waals surface area contributed by atoms with Crippen molar-refractivity contribution in [3.8, 4) is 11.1 Å². The summed E-state index contributed by atoms with van der Waals surface area (Å²) in [6, 6.07) is 7.55. The highest BCUT2D eigenvalue weighted by Gasteiger charge is 2.36. The zero-order chi connectivity index (χ0) is 22.0. The van der Waals surface area contributed by atoms with E-state index in [9.17, 15) is 14.4 Å². The van der Waals surface area contributed by atoms with Crippen LogP contribution < -0.4 is 0 Å². The summed E-state index contributed by atoms with van der Waals surface area (Å²) in [7, 11) is 0. The molecule has 1 aliphatic rings. The molecule has 1 aromatic carbocycles. The van der Waals surface area contributed by atoms with Gasteiger partial charge in [0.2, 0.25) is 0 Å². The number of benzene rings is 1. The minimum atomic E-state index is -0.621. The van der Waals surface area contributed by atoms with Gasteiger partial charge in [-0.05, 0) is 59.4 Å². The molecule has 30 heavy (non-hydrogen) atoms. The Morgan fingerprint density at radius 1 is 1.07 bits per heavy atom. The number of likely N-dealkylation sites (tertiary alicyclic amines) is 1. The lowest BCUT2D eigenvalue weighted by Crippen LogP contribution is -2.50. The van der Waals surface area contributed by atoms with E-state index in [4.69, 9.17) is 4.74 Å². The van der Waals surface area contributed by atoms with Gasteiger partial charge in [0.1, 0.15) is 5.69 Å². The maximum Gasteiger partial charge on any atom is 0.340 e. The molecule has 6 nitrogen and oxygen atoms in total. The number of carbonyl (C=O) groups is 3.